The van der Waals surface area contributed by atoms with Crippen molar-refractivity contribution in [2.24, 2.45) is 0 Å². The fraction of sp³-hybridized carbons (Fsp3) is 0.333. The van der Waals surface area contributed by atoms with Gasteiger partial charge < -0.3 is 14.7 Å². The Kier molecular flexibility index (Phi) is 6.05. The van der Waals surface area contributed by atoms with Crippen LogP contribution in [0.4, 0.5) is 9.18 Å². The van der Waals surface area contributed by atoms with Crippen LogP contribution in [0.3, 0.4) is 0 Å². The fourth-order valence-electron chi connectivity index (χ4n) is 4.26. The first-order chi connectivity index (χ1) is 14.9. The zero-order valence-corrected chi connectivity index (χ0v) is 18.0. The van der Waals surface area contributed by atoms with E-state index in [-0.39, 0.29) is 23.5 Å². The third kappa shape index (κ3) is 4.46. The van der Waals surface area contributed by atoms with E-state index in [0.29, 0.717) is 19.4 Å². The Balaban J connectivity index is 1.48. The number of carbonyl (C=O) groups is 2. The number of hydrogen-bond acceptors (Lipinski definition) is 4. The molecule has 0 aliphatic carbocycles. The second-order valence-corrected chi connectivity index (χ2v) is 9.10. The third-order valence-corrected chi connectivity index (χ3v) is 7.37. The Labute approximate surface area is 184 Å². The zero-order chi connectivity index (χ0) is 22.0. The molecule has 162 valence electrons. The van der Waals surface area contributed by atoms with Crippen LogP contribution >= 0.6 is 11.8 Å². The lowest BCUT2D eigenvalue weighted by atomic mass is 9.87. The molecule has 0 radical (unpaired) electrons. The summed E-state index contributed by atoms with van der Waals surface area (Å²) in [4.78, 5) is 26.1. The van der Waals surface area contributed by atoms with Crippen LogP contribution < -0.4 is 0 Å². The van der Waals surface area contributed by atoms with Gasteiger partial charge in [0.05, 0.1) is 17.7 Å². The third-order valence-electron chi connectivity index (χ3n) is 6.07. The van der Waals surface area contributed by atoms with Crippen LogP contribution in [0.1, 0.15) is 37.8 Å². The number of carboxylic acids is 1. The molecule has 0 bridgehead atoms. The number of amides is 1. The molecule has 5 nitrogen and oxygen atoms in total. The highest BCUT2D eigenvalue weighted by atomic mass is 32.2. The fourth-order valence-corrected chi connectivity index (χ4v) is 5.39. The second-order valence-electron chi connectivity index (χ2n) is 7.98. The highest BCUT2D eigenvalue weighted by Crippen LogP contribution is 2.43. The molecule has 0 saturated carbocycles. The summed E-state index contributed by atoms with van der Waals surface area (Å²) in [5.74, 6) is -1.23. The van der Waals surface area contributed by atoms with Crippen molar-refractivity contribution in [2.75, 3.05) is 6.54 Å². The lowest BCUT2D eigenvalue weighted by molar-refractivity contribution is -0.145. The Morgan fingerprint density at radius 1 is 1.23 bits per heavy atom. The van der Waals surface area contributed by atoms with Crippen LogP contribution in [-0.2, 0) is 9.53 Å². The molecule has 2 aliphatic heterocycles. The first-order valence-corrected chi connectivity index (χ1v) is 11.2. The Morgan fingerprint density at radius 3 is 2.42 bits per heavy atom. The summed E-state index contributed by atoms with van der Waals surface area (Å²) in [6.07, 6.45) is 2.50. The lowest BCUT2D eigenvalue weighted by Crippen LogP contribution is -2.55. The quantitative estimate of drug-likeness (QED) is 0.629. The molecular weight excluding hydrogens is 417 g/mol. The van der Waals surface area contributed by atoms with Crippen LogP contribution in [0.25, 0.3) is 11.1 Å². The molecule has 2 aromatic rings. The molecule has 1 unspecified atom stereocenters. The molecule has 2 aliphatic rings. The molecule has 0 spiro atoms. The van der Waals surface area contributed by atoms with Gasteiger partial charge in [-0.25, -0.2) is 9.18 Å². The average Bonchev–Trinajstić information content (AvgIpc) is 3.29. The molecule has 31 heavy (non-hydrogen) atoms. The molecular formula is C24H24FNO4S. The number of nitrogens with zero attached hydrogens (tertiary/aromatic N) is 1. The minimum atomic E-state index is -0.986. The smallest absolute Gasteiger partial charge is 0.410 e. The van der Waals surface area contributed by atoms with Gasteiger partial charge in [0.25, 0.3) is 0 Å². The summed E-state index contributed by atoms with van der Waals surface area (Å²) in [6.45, 7) is 2.37. The van der Waals surface area contributed by atoms with Crippen molar-refractivity contribution in [3.8, 4) is 11.1 Å². The molecule has 4 rings (SSSR count). The maximum Gasteiger partial charge on any atom is 0.410 e. The second kappa shape index (κ2) is 8.75. The van der Waals surface area contributed by atoms with Gasteiger partial charge in [-0.1, -0.05) is 42.5 Å². The maximum atomic E-state index is 13.2. The first-order valence-electron chi connectivity index (χ1n) is 10.3. The SMILES string of the molecule is C[C@@H](c1ccc(-c2ccc(F)cc2)cc1)N1CC[C@](CC(=O)O)(C2CC=CS2)OC1=O. The van der Waals surface area contributed by atoms with E-state index in [1.165, 1.54) is 23.9 Å². The zero-order valence-electron chi connectivity index (χ0n) is 17.2. The number of hydrogen-bond donors (Lipinski definition) is 1. The maximum absolute atomic E-state index is 13.2. The normalized spacial score (nSPS) is 24.1. The summed E-state index contributed by atoms with van der Waals surface area (Å²) in [5.41, 5.74) is 1.84. The number of carbonyl (C=O) groups excluding carboxylic acids is 1. The number of carboxylic acid groups (broad SMARTS) is 1. The number of halogens is 1. The van der Waals surface area contributed by atoms with Gasteiger partial charge in [-0.3, -0.25) is 4.79 Å². The van der Waals surface area contributed by atoms with E-state index in [1.54, 1.807) is 17.0 Å². The number of cyclic esters (lactones) is 1. The van der Waals surface area contributed by atoms with E-state index < -0.39 is 17.7 Å². The van der Waals surface area contributed by atoms with Gasteiger partial charge in [0.2, 0.25) is 0 Å². The van der Waals surface area contributed by atoms with Crippen LogP contribution in [0.2, 0.25) is 0 Å². The first kappa shape index (κ1) is 21.4. The van der Waals surface area contributed by atoms with Crippen molar-refractivity contribution in [3.05, 3.63) is 71.4 Å². The highest BCUT2D eigenvalue weighted by molar-refractivity contribution is 8.03. The highest BCUT2D eigenvalue weighted by Gasteiger charge is 2.49. The summed E-state index contributed by atoms with van der Waals surface area (Å²) in [5, 5.41) is 11.3. The molecule has 2 aromatic carbocycles. The van der Waals surface area contributed by atoms with Crippen molar-refractivity contribution in [1.82, 2.24) is 4.90 Å². The molecule has 7 heteroatoms. The Bertz CT molecular complexity index is 984. The molecule has 1 saturated heterocycles. The summed E-state index contributed by atoms with van der Waals surface area (Å²) < 4.78 is 19.0. The van der Waals surface area contributed by atoms with E-state index in [4.69, 9.17) is 4.74 Å². The Morgan fingerprint density at radius 2 is 1.87 bits per heavy atom. The van der Waals surface area contributed by atoms with E-state index in [0.717, 1.165) is 16.7 Å². The van der Waals surface area contributed by atoms with E-state index in [1.807, 2.05) is 42.7 Å². The molecule has 1 amide bonds. The Hall–Kier alpha value is -2.80. The molecule has 2 heterocycles. The lowest BCUT2D eigenvalue weighted by Gasteiger charge is -2.45. The molecule has 3 atom stereocenters. The largest absolute Gasteiger partial charge is 0.481 e. The van der Waals surface area contributed by atoms with Crippen LogP contribution in [0.15, 0.2) is 60.0 Å². The monoisotopic (exact) mass is 441 g/mol. The van der Waals surface area contributed by atoms with Crippen molar-refractivity contribution in [2.45, 2.75) is 43.1 Å². The number of thioether (sulfide) groups is 1. The van der Waals surface area contributed by atoms with Gasteiger partial charge in [0.1, 0.15) is 11.4 Å². The topological polar surface area (TPSA) is 66.8 Å². The van der Waals surface area contributed by atoms with Gasteiger partial charge in [0.15, 0.2) is 0 Å². The minimum absolute atomic E-state index is 0.0694. The molecule has 0 aromatic heterocycles. The van der Waals surface area contributed by atoms with Crippen LogP contribution in [0.5, 0.6) is 0 Å². The van der Waals surface area contributed by atoms with E-state index in [2.05, 4.69) is 0 Å². The average molecular weight is 442 g/mol. The van der Waals surface area contributed by atoms with E-state index >= 15 is 0 Å². The number of rotatable bonds is 6. The number of allylic oxidation sites excluding steroid dienone is 1. The molecule has 1 N–H and O–H groups in total. The summed E-state index contributed by atoms with van der Waals surface area (Å²) in [7, 11) is 0. The molecule has 1 fully saturated rings. The predicted molar refractivity (Wildman–Crippen MR) is 118 cm³/mol. The summed E-state index contributed by atoms with van der Waals surface area (Å²) >= 11 is 1.54. The number of ether oxygens (including phenoxy) is 1. The van der Waals surface area contributed by atoms with Crippen molar-refractivity contribution in [1.29, 1.82) is 0 Å². The van der Waals surface area contributed by atoms with Gasteiger partial charge in [-0.2, -0.15) is 0 Å². The van der Waals surface area contributed by atoms with Gasteiger partial charge >= 0.3 is 12.1 Å². The summed E-state index contributed by atoms with van der Waals surface area (Å²) in [6, 6.07) is 13.9. The number of aliphatic carboxylic acids is 1. The van der Waals surface area contributed by atoms with Gasteiger partial charge in [0, 0.05) is 13.0 Å². The number of benzene rings is 2. The van der Waals surface area contributed by atoms with Crippen molar-refractivity contribution >= 4 is 23.8 Å². The van der Waals surface area contributed by atoms with Gasteiger partial charge in [-0.15, -0.1) is 11.8 Å². The van der Waals surface area contributed by atoms with Crippen molar-refractivity contribution < 1.29 is 23.8 Å². The van der Waals surface area contributed by atoms with Gasteiger partial charge in [-0.05, 0) is 47.6 Å². The predicted octanol–water partition coefficient (Wildman–Crippen LogP) is 5.63. The van der Waals surface area contributed by atoms with E-state index in [9.17, 15) is 19.1 Å². The van der Waals surface area contributed by atoms with Crippen LogP contribution in [-0.4, -0.2) is 39.5 Å². The van der Waals surface area contributed by atoms with Crippen molar-refractivity contribution in [3.63, 3.8) is 0 Å². The minimum Gasteiger partial charge on any atom is -0.481 e. The van der Waals surface area contributed by atoms with Crippen LogP contribution in [0, 0.1) is 5.82 Å². The standard InChI is InChI=1S/C24H24FNO4S/c1-16(17-4-6-18(7-5-17)19-8-10-20(25)11-9-19)26-13-12-24(15-22(27)28,30-23(26)29)21-3-2-14-31-21/h2,4-11,14,16,21H,3,12-13,15H2,1H3,(H,27,28)/t16-,21?,24-/m0/s1.